The summed E-state index contributed by atoms with van der Waals surface area (Å²) in [6, 6.07) is 3.69. The van der Waals surface area contributed by atoms with Crippen molar-refractivity contribution in [3.63, 3.8) is 0 Å². The summed E-state index contributed by atoms with van der Waals surface area (Å²) in [5.74, 6) is 0. The van der Waals surface area contributed by atoms with Gasteiger partial charge in [-0.25, -0.2) is 0 Å². The van der Waals surface area contributed by atoms with Gasteiger partial charge >= 0.3 is 8.03 Å². The highest BCUT2D eigenvalue weighted by Crippen LogP contribution is 2.23. The van der Waals surface area contributed by atoms with Crippen molar-refractivity contribution in [2.75, 3.05) is 6.61 Å². The summed E-state index contributed by atoms with van der Waals surface area (Å²) < 4.78 is 16.8. The average molecular weight is 175 g/mol. The molecular formula is C6H8O2PS+. The van der Waals surface area contributed by atoms with Gasteiger partial charge in [-0.2, -0.15) is 0 Å². The Kier molecular flexibility index (Phi) is 3.00. The van der Waals surface area contributed by atoms with Crippen LogP contribution in [0.5, 0.6) is 0 Å². The van der Waals surface area contributed by atoms with Gasteiger partial charge in [0.1, 0.15) is 6.61 Å². The molecule has 0 saturated heterocycles. The van der Waals surface area contributed by atoms with Gasteiger partial charge in [0.15, 0.2) is 0 Å². The third-order valence-corrected chi connectivity index (χ3v) is 3.37. The summed E-state index contributed by atoms with van der Waals surface area (Å²) in [5.41, 5.74) is 0. The molecule has 1 aromatic rings. The Morgan fingerprint density at radius 2 is 2.60 bits per heavy atom. The smallest absolute Gasteiger partial charge is 0.141 e. The van der Waals surface area contributed by atoms with E-state index in [0.29, 0.717) is 6.61 Å². The molecule has 0 aliphatic rings. The summed E-state index contributed by atoms with van der Waals surface area (Å²) >= 11 is 1.46. The van der Waals surface area contributed by atoms with Crippen molar-refractivity contribution in [3.05, 3.63) is 17.5 Å². The van der Waals surface area contributed by atoms with Gasteiger partial charge in [0.2, 0.25) is 0 Å². The van der Waals surface area contributed by atoms with Gasteiger partial charge in [-0.3, -0.25) is 0 Å². The zero-order valence-corrected chi connectivity index (χ0v) is 7.32. The van der Waals surface area contributed by atoms with E-state index in [1.807, 2.05) is 24.4 Å². The summed E-state index contributed by atoms with van der Waals surface area (Å²) in [4.78, 5) is 0. The summed E-state index contributed by atoms with van der Waals surface area (Å²) in [6.45, 7) is 2.34. The van der Waals surface area contributed by atoms with E-state index >= 15 is 0 Å². The Balaban J connectivity index is 2.59. The molecule has 0 N–H and O–H groups in total. The number of thiophene rings is 1. The van der Waals surface area contributed by atoms with Gasteiger partial charge in [-0.1, -0.05) is 11.3 Å². The van der Waals surface area contributed by atoms with Crippen molar-refractivity contribution in [2.45, 2.75) is 6.92 Å². The fraction of sp³-hybridized carbons (Fsp3) is 0.333. The zero-order valence-electron chi connectivity index (χ0n) is 5.61. The van der Waals surface area contributed by atoms with Crippen LogP contribution in [0, 0.1) is 0 Å². The van der Waals surface area contributed by atoms with Gasteiger partial charge in [0.25, 0.3) is 4.62 Å². The van der Waals surface area contributed by atoms with E-state index in [1.54, 1.807) is 0 Å². The van der Waals surface area contributed by atoms with E-state index in [4.69, 9.17) is 4.52 Å². The highest BCUT2D eigenvalue weighted by atomic mass is 32.1. The van der Waals surface area contributed by atoms with Crippen molar-refractivity contribution < 1.29 is 9.09 Å². The largest absolute Gasteiger partial charge is 0.559 e. The second-order valence-electron chi connectivity index (χ2n) is 1.63. The maximum Gasteiger partial charge on any atom is 0.559 e. The zero-order chi connectivity index (χ0) is 7.40. The molecular weight excluding hydrogens is 167 g/mol. The lowest BCUT2D eigenvalue weighted by Crippen LogP contribution is -1.89. The van der Waals surface area contributed by atoms with Crippen LogP contribution in [0.1, 0.15) is 6.92 Å². The minimum absolute atomic E-state index is 0.507. The Morgan fingerprint density at radius 1 is 1.80 bits per heavy atom. The fourth-order valence-corrected chi connectivity index (χ4v) is 2.26. The molecule has 4 heteroatoms. The van der Waals surface area contributed by atoms with Gasteiger partial charge in [0, 0.05) is 6.07 Å². The lowest BCUT2D eigenvalue weighted by Gasteiger charge is -1.77. The minimum Gasteiger partial charge on any atom is -0.141 e. The quantitative estimate of drug-likeness (QED) is 0.658. The van der Waals surface area contributed by atoms with Crippen LogP contribution in [0.3, 0.4) is 0 Å². The standard InChI is InChI=1S/C6H8O2PS/c1-2-8-9(7)6-4-3-5-10-6/h3-5H,2H2,1H3/q+1. The van der Waals surface area contributed by atoms with Crippen molar-refractivity contribution in [1.82, 2.24) is 0 Å². The lowest BCUT2D eigenvalue weighted by atomic mass is 10.7. The molecule has 1 heterocycles. The molecule has 0 aromatic carbocycles. The summed E-state index contributed by atoms with van der Waals surface area (Å²) in [7, 11) is -1.57. The van der Waals surface area contributed by atoms with Crippen LogP contribution in [-0.4, -0.2) is 6.61 Å². The molecule has 2 nitrogen and oxygen atoms in total. The van der Waals surface area contributed by atoms with E-state index in [9.17, 15) is 4.57 Å². The predicted molar refractivity (Wildman–Crippen MR) is 43.2 cm³/mol. The van der Waals surface area contributed by atoms with Gasteiger partial charge in [-0.05, 0) is 22.9 Å². The van der Waals surface area contributed by atoms with Crippen molar-refractivity contribution in [2.24, 2.45) is 0 Å². The lowest BCUT2D eigenvalue weighted by molar-refractivity contribution is 0.357. The second-order valence-corrected chi connectivity index (χ2v) is 4.13. The van der Waals surface area contributed by atoms with Gasteiger partial charge in [0.05, 0.1) is 0 Å². The van der Waals surface area contributed by atoms with Crippen LogP contribution >= 0.6 is 19.4 Å². The van der Waals surface area contributed by atoms with Crippen molar-refractivity contribution >= 4 is 24.0 Å². The van der Waals surface area contributed by atoms with Crippen LogP contribution < -0.4 is 4.62 Å². The van der Waals surface area contributed by atoms with Crippen LogP contribution in [0.2, 0.25) is 0 Å². The van der Waals surface area contributed by atoms with Crippen molar-refractivity contribution in [3.8, 4) is 0 Å². The van der Waals surface area contributed by atoms with Crippen LogP contribution in [0.4, 0.5) is 0 Å². The average Bonchev–Trinajstić information content (AvgIpc) is 2.38. The minimum atomic E-state index is -1.57. The first-order valence-electron chi connectivity index (χ1n) is 2.98. The molecule has 1 atom stereocenters. The van der Waals surface area contributed by atoms with Crippen molar-refractivity contribution in [1.29, 1.82) is 0 Å². The van der Waals surface area contributed by atoms with Gasteiger partial charge in [-0.15, -0.1) is 4.52 Å². The van der Waals surface area contributed by atoms with E-state index in [-0.39, 0.29) is 0 Å². The molecule has 0 bridgehead atoms. The molecule has 10 heavy (non-hydrogen) atoms. The SMILES string of the molecule is CCO[P+](=O)c1cccs1. The molecule has 0 saturated carbocycles. The molecule has 0 radical (unpaired) electrons. The molecule has 0 spiro atoms. The number of hydrogen-bond acceptors (Lipinski definition) is 3. The predicted octanol–water partition coefficient (Wildman–Crippen LogP) is 2.15. The highest BCUT2D eigenvalue weighted by molar-refractivity contribution is 7.57. The third kappa shape index (κ3) is 1.87. The summed E-state index contributed by atoms with van der Waals surface area (Å²) in [6.07, 6.45) is 0. The fourth-order valence-electron chi connectivity index (χ4n) is 0.555. The monoisotopic (exact) mass is 175 g/mol. The first-order chi connectivity index (χ1) is 4.84. The molecule has 1 rings (SSSR count). The van der Waals surface area contributed by atoms with Gasteiger partial charge < -0.3 is 0 Å². The first-order valence-corrected chi connectivity index (χ1v) is 5.04. The van der Waals surface area contributed by atoms with E-state index in [0.717, 1.165) is 4.62 Å². The normalized spacial score (nSPS) is 11.5. The molecule has 0 aliphatic carbocycles. The van der Waals surface area contributed by atoms with Crippen LogP contribution in [-0.2, 0) is 9.09 Å². The Morgan fingerprint density at radius 3 is 3.10 bits per heavy atom. The second kappa shape index (κ2) is 3.81. The highest BCUT2D eigenvalue weighted by Gasteiger charge is 2.21. The summed E-state index contributed by atoms with van der Waals surface area (Å²) in [5, 5.41) is 1.89. The Hall–Kier alpha value is -0.240. The Labute approximate surface area is 64.7 Å². The third-order valence-electron chi connectivity index (χ3n) is 0.932. The maximum atomic E-state index is 11.0. The van der Waals surface area contributed by atoms with E-state index < -0.39 is 8.03 Å². The Bertz CT molecular complexity index is 208. The van der Waals surface area contributed by atoms with E-state index in [1.165, 1.54) is 11.3 Å². The maximum absolute atomic E-state index is 11.0. The molecule has 0 aliphatic heterocycles. The molecule has 0 amide bonds. The molecule has 1 unspecified atom stereocenters. The van der Waals surface area contributed by atoms with Crippen LogP contribution in [0.15, 0.2) is 17.5 Å². The number of hydrogen-bond donors (Lipinski definition) is 0. The molecule has 1 aromatic heterocycles. The number of rotatable bonds is 3. The first kappa shape index (κ1) is 7.86. The molecule has 54 valence electrons. The van der Waals surface area contributed by atoms with Crippen LogP contribution in [0.25, 0.3) is 0 Å². The van der Waals surface area contributed by atoms with E-state index in [2.05, 4.69) is 0 Å². The topological polar surface area (TPSA) is 26.3 Å². The molecule has 0 fully saturated rings.